The van der Waals surface area contributed by atoms with Crippen molar-refractivity contribution in [2.24, 2.45) is 11.8 Å². The van der Waals surface area contributed by atoms with Crippen LogP contribution in [0.4, 0.5) is 0 Å². The van der Waals surface area contributed by atoms with Crippen molar-refractivity contribution in [1.29, 1.82) is 0 Å². The monoisotopic (exact) mass is 294 g/mol. The zero-order chi connectivity index (χ0) is 15.4. The maximum atomic E-state index is 12.2. The number of nitrogens with one attached hydrogen (secondary N) is 1. The summed E-state index contributed by atoms with van der Waals surface area (Å²) in [6, 6.07) is 3.31. The highest BCUT2D eigenvalue weighted by atomic mass is 16.3. The molecule has 0 aliphatic carbocycles. The van der Waals surface area contributed by atoms with E-state index in [1.54, 1.807) is 23.3 Å². The molecule has 1 aromatic heterocycles. The van der Waals surface area contributed by atoms with Crippen molar-refractivity contribution in [2.75, 3.05) is 13.2 Å². The molecule has 1 fully saturated rings. The molecule has 2 heterocycles. The Morgan fingerprint density at radius 3 is 2.90 bits per heavy atom. The van der Waals surface area contributed by atoms with Crippen LogP contribution in [-0.2, 0) is 16.1 Å². The first-order valence-electron chi connectivity index (χ1n) is 7.22. The maximum Gasteiger partial charge on any atom is 0.225 e. The standard InChI is InChI=1S/C15H22N2O4/c1-10(2)13(9-18)16-15(20)11-6-14(19)17(7-11)8-12-4-3-5-21-12/h3-5,10-11,13,18H,6-9H2,1-2H3,(H,16,20)/t11-,13+/m1/s1. The van der Waals surface area contributed by atoms with E-state index in [0.29, 0.717) is 18.8 Å². The van der Waals surface area contributed by atoms with E-state index in [-0.39, 0.29) is 42.7 Å². The maximum absolute atomic E-state index is 12.2. The van der Waals surface area contributed by atoms with Crippen LogP contribution < -0.4 is 5.32 Å². The Bertz CT molecular complexity index is 484. The van der Waals surface area contributed by atoms with Gasteiger partial charge in [-0.2, -0.15) is 0 Å². The summed E-state index contributed by atoms with van der Waals surface area (Å²) in [5, 5.41) is 12.1. The van der Waals surface area contributed by atoms with Crippen molar-refractivity contribution >= 4 is 11.8 Å². The van der Waals surface area contributed by atoms with Gasteiger partial charge in [0.15, 0.2) is 0 Å². The number of rotatable bonds is 6. The molecule has 0 aromatic carbocycles. The summed E-state index contributed by atoms with van der Waals surface area (Å²) in [5.74, 6) is 0.282. The first-order valence-corrected chi connectivity index (χ1v) is 7.22. The molecule has 1 aliphatic rings. The van der Waals surface area contributed by atoms with Gasteiger partial charge in [-0.25, -0.2) is 0 Å². The van der Waals surface area contributed by atoms with Gasteiger partial charge in [-0.1, -0.05) is 13.8 Å². The van der Waals surface area contributed by atoms with E-state index in [4.69, 9.17) is 4.42 Å². The van der Waals surface area contributed by atoms with E-state index in [1.165, 1.54) is 0 Å². The van der Waals surface area contributed by atoms with Gasteiger partial charge in [-0.15, -0.1) is 0 Å². The molecular weight excluding hydrogens is 272 g/mol. The second-order valence-electron chi connectivity index (χ2n) is 5.80. The van der Waals surface area contributed by atoms with Crippen LogP contribution in [0, 0.1) is 11.8 Å². The molecule has 1 aliphatic heterocycles. The van der Waals surface area contributed by atoms with Gasteiger partial charge in [-0.3, -0.25) is 9.59 Å². The highest BCUT2D eigenvalue weighted by Crippen LogP contribution is 2.21. The van der Waals surface area contributed by atoms with Crippen LogP contribution in [0.1, 0.15) is 26.0 Å². The van der Waals surface area contributed by atoms with E-state index >= 15 is 0 Å². The molecular formula is C15H22N2O4. The summed E-state index contributed by atoms with van der Waals surface area (Å²) in [6.45, 7) is 4.55. The van der Waals surface area contributed by atoms with E-state index in [1.807, 2.05) is 13.8 Å². The van der Waals surface area contributed by atoms with Crippen molar-refractivity contribution in [3.63, 3.8) is 0 Å². The normalized spacial score (nSPS) is 20.1. The first-order chi connectivity index (χ1) is 10.0. The van der Waals surface area contributed by atoms with Crippen molar-refractivity contribution in [3.8, 4) is 0 Å². The summed E-state index contributed by atoms with van der Waals surface area (Å²) in [5.41, 5.74) is 0. The molecule has 116 valence electrons. The molecule has 0 saturated carbocycles. The predicted molar refractivity (Wildman–Crippen MR) is 76.1 cm³/mol. The molecule has 2 N–H and O–H groups in total. The Balaban J connectivity index is 1.90. The fraction of sp³-hybridized carbons (Fsp3) is 0.600. The van der Waals surface area contributed by atoms with Gasteiger partial charge < -0.3 is 19.7 Å². The Kier molecular flexibility index (Phi) is 5.01. The third-order valence-electron chi connectivity index (χ3n) is 3.84. The number of nitrogens with zero attached hydrogens (tertiary/aromatic N) is 1. The molecule has 1 aromatic rings. The second kappa shape index (κ2) is 6.76. The summed E-state index contributed by atoms with van der Waals surface area (Å²) in [6.07, 6.45) is 1.78. The minimum atomic E-state index is -0.361. The van der Waals surface area contributed by atoms with Gasteiger partial charge in [0.1, 0.15) is 5.76 Å². The lowest BCUT2D eigenvalue weighted by molar-refractivity contribution is -0.129. The lowest BCUT2D eigenvalue weighted by Crippen LogP contribution is -2.44. The van der Waals surface area contributed by atoms with E-state index < -0.39 is 0 Å². The minimum absolute atomic E-state index is 0.0448. The zero-order valence-corrected chi connectivity index (χ0v) is 12.4. The second-order valence-corrected chi connectivity index (χ2v) is 5.80. The number of aliphatic hydroxyl groups excluding tert-OH is 1. The number of hydrogen-bond donors (Lipinski definition) is 2. The molecule has 2 rings (SSSR count). The third kappa shape index (κ3) is 3.85. The van der Waals surface area contributed by atoms with Gasteiger partial charge in [0.25, 0.3) is 0 Å². The van der Waals surface area contributed by atoms with Gasteiger partial charge in [0.05, 0.1) is 31.4 Å². The molecule has 2 atom stereocenters. The average molecular weight is 294 g/mol. The van der Waals surface area contributed by atoms with Gasteiger partial charge in [0.2, 0.25) is 11.8 Å². The molecule has 21 heavy (non-hydrogen) atoms. The number of aliphatic hydroxyl groups is 1. The van der Waals surface area contributed by atoms with E-state index in [2.05, 4.69) is 5.32 Å². The highest BCUT2D eigenvalue weighted by Gasteiger charge is 2.35. The number of carbonyl (C=O) groups is 2. The number of furan rings is 1. The summed E-state index contributed by atoms with van der Waals surface area (Å²) >= 11 is 0. The Morgan fingerprint density at radius 2 is 2.33 bits per heavy atom. The van der Waals surface area contributed by atoms with Crippen molar-refractivity contribution in [1.82, 2.24) is 10.2 Å². The van der Waals surface area contributed by atoms with Crippen LogP contribution in [0.2, 0.25) is 0 Å². The third-order valence-corrected chi connectivity index (χ3v) is 3.84. The van der Waals surface area contributed by atoms with Crippen LogP contribution in [0.15, 0.2) is 22.8 Å². The Morgan fingerprint density at radius 1 is 1.57 bits per heavy atom. The predicted octanol–water partition coefficient (Wildman–Crippen LogP) is 0.761. The van der Waals surface area contributed by atoms with Crippen molar-refractivity contribution < 1.29 is 19.1 Å². The smallest absolute Gasteiger partial charge is 0.225 e. The SMILES string of the molecule is CC(C)[C@H](CO)NC(=O)[C@@H]1CC(=O)N(Cc2ccco2)C1. The Hall–Kier alpha value is -1.82. The molecule has 0 spiro atoms. The van der Waals surface area contributed by atoms with Crippen LogP contribution in [-0.4, -0.2) is 41.0 Å². The molecule has 2 amide bonds. The van der Waals surface area contributed by atoms with Crippen LogP contribution >= 0.6 is 0 Å². The summed E-state index contributed by atoms with van der Waals surface area (Å²) in [4.78, 5) is 25.8. The number of amides is 2. The molecule has 0 unspecified atom stereocenters. The zero-order valence-electron chi connectivity index (χ0n) is 12.4. The first kappa shape index (κ1) is 15.6. The molecule has 6 nitrogen and oxygen atoms in total. The minimum Gasteiger partial charge on any atom is -0.467 e. The van der Waals surface area contributed by atoms with Crippen molar-refractivity contribution in [2.45, 2.75) is 32.9 Å². The summed E-state index contributed by atoms with van der Waals surface area (Å²) < 4.78 is 5.23. The highest BCUT2D eigenvalue weighted by molar-refractivity contribution is 5.89. The topological polar surface area (TPSA) is 82.8 Å². The number of carbonyl (C=O) groups excluding carboxylic acids is 2. The van der Waals surface area contributed by atoms with Gasteiger partial charge >= 0.3 is 0 Å². The lowest BCUT2D eigenvalue weighted by Gasteiger charge is -2.22. The van der Waals surface area contributed by atoms with Crippen LogP contribution in [0.5, 0.6) is 0 Å². The molecule has 0 bridgehead atoms. The molecule has 0 radical (unpaired) electrons. The van der Waals surface area contributed by atoms with Crippen LogP contribution in [0.25, 0.3) is 0 Å². The van der Waals surface area contributed by atoms with Crippen LogP contribution in [0.3, 0.4) is 0 Å². The van der Waals surface area contributed by atoms with E-state index in [9.17, 15) is 14.7 Å². The fourth-order valence-electron chi connectivity index (χ4n) is 2.41. The molecule has 6 heteroatoms. The molecule has 1 saturated heterocycles. The number of hydrogen-bond acceptors (Lipinski definition) is 4. The quantitative estimate of drug-likeness (QED) is 0.811. The largest absolute Gasteiger partial charge is 0.467 e. The lowest BCUT2D eigenvalue weighted by atomic mass is 10.0. The van der Waals surface area contributed by atoms with E-state index in [0.717, 1.165) is 0 Å². The fourth-order valence-corrected chi connectivity index (χ4v) is 2.41. The number of likely N-dealkylation sites (tertiary alicyclic amines) is 1. The Labute approximate surface area is 124 Å². The van der Waals surface area contributed by atoms with Gasteiger partial charge in [-0.05, 0) is 18.1 Å². The van der Waals surface area contributed by atoms with Gasteiger partial charge in [0, 0.05) is 13.0 Å². The van der Waals surface area contributed by atoms with Crippen molar-refractivity contribution in [3.05, 3.63) is 24.2 Å². The average Bonchev–Trinajstić information content (AvgIpc) is 3.06. The summed E-state index contributed by atoms with van der Waals surface area (Å²) in [7, 11) is 0.